The van der Waals surface area contributed by atoms with E-state index in [2.05, 4.69) is 11.2 Å². The third-order valence-corrected chi connectivity index (χ3v) is 2.56. The molecule has 0 spiro atoms. The van der Waals surface area contributed by atoms with Crippen LogP contribution in [0.1, 0.15) is 22.5 Å². The molecule has 15 heavy (non-hydrogen) atoms. The van der Waals surface area contributed by atoms with Crippen molar-refractivity contribution in [2.45, 2.75) is 12.8 Å². The standard InChI is InChI=1S/C10H9NO3S/c1-2-3-4-8(12)11-9-6-5-7(15-9)10(13)14/h1,5-6H,3-4H2,(H,11,12)(H,13,14). The number of hydrogen-bond acceptors (Lipinski definition) is 3. The first-order valence-corrected chi connectivity index (χ1v) is 5.01. The minimum Gasteiger partial charge on any atom is -0.477 e. The van der Waals surface area contributed by atoms with Gasteiger partial charge in [-0.25, -0.2) is 4.79 Å². The molecule has 0 saturated carbocycles. The zero-order valence-corrected chi connectivity index (χ0v) is 8.63. The predicted octanol–water partition coefficient (Wildman–Crippen LogP) is 1.80. The van der Waals surface area contributed by atoms with Crippen molar-refractivity contribution >= 4 is 28.2 Å². The van der Waals surface area contributed by atoms with Crippen LogP contribution in [0.15, 0.2) is 12.1 Å². The molecule has 0 unspecified atom stereocenters. The lowest BCUT2D eigenvalue weighted by atomic mass is 10.3. The summed E-state index contributed by atoms with van der Waals surface area (Å²) < 4.78 is 0. The second kappa shape index (κ2) is 5.17. The molecule has 0 atom stereocenters. The maximum absolute atomic E-state index is 11.2. The fourth-order valence-electron chi connectivity index (χ4n) is 0.906. The van der Waals surface area contributed by atoms with Gasteiger partial charge in [-0.05, 0) is 12.1 Å². The number of hydrogen-bond donors (Lipinski definition) is 2. The molecule has 0 saturated heterocycles. The maximum Gasteiger partial charge on any atom is 0.345 e. The van der Waals surface area contributed by atoms with Crippen LogP contribution in [0, 0.1) is 12.3 Å². The average Bonchev–Trinajstić information content (AvgIpc) is 2.63. The van der Waals surface area contributed by atoms with Crippen LogP contribution in [0.4, 0.5) is 5.00 Å². The van der Waals surface area contributed by atoms with Gasteiger partial charge in [-0.1, -0.05) is 0 Å². The number of aromatic carboxylic acids is 1. The smallest absolute Gasteiger partial charge is 0.345 e. The topological polar surface area (TPSA) is 66.4 Å². The molecule has 78 valence electrons. The maximum atomic E-state index is 11.2. The molecule has 0 aliphatic carbocycles. The van der Waals surface area contributed by atoms with E-state index in [0.29, 0.717) is 11.4 Å². The number of carboxylic acids is 1. The Kier molecular flexibility index (Phi) is 3.89. The Labute approximate surface area is 90.9 Å². The van der Waals surface area contributed by atoms with Gasteiger partial charge in [0.05, 0.1) is 5.00 Å². The molecule has 0 aromatic carbocycles. The van der Waals surface area contributed by atoms with Crippen molar-refractivity contribution in [3.05, 3.63) is 17.0 Å². The molecule has 1 heterocycles. The Morgan fingerprint density at radius 3 is 2.80 bits per heavy atom. The molecule has 1 rings (SSSR count). The van der Waals surface area contributed by atoms with E-state index in [-0.39, 0.29) is 17.2 Å². The molecule has 0 aliphatic heterocycles. The van der Waals surface area contributed by atoms with Crippen LogP contribution in [0.5, 0.6) is 0 Å². The summed E-state index contributed by atoms with van der Waals surface area (Å²) in [5.74, 6) is 1.16. The summed E-state index contributed by atoms with van der Waals surface area (Å²) in [4.78, 5) is 21.9. The Morgan fingerprint density at radius 2 is 2.27 bits per heavy atom. The Balaban J connectivity index is 2.54. The SMILES string of the molecule is C#CCCC(=O)Nc1ccc(C(=O)O)s1. The van der Waals surface area contributed by atoms with Gasteiger partial charge in [0.1, 0.15) is 4.88 Å². The number of rotatable bonds is 4. The highest BCUT2D eigenvalue weighted by Crippen LogP contribution is 2.21. The summed E-state index contributed by atoms with van der Waals surface area (Å²) in [5.41, 5.74) is 0. The van der Waals surface area contributed by atoms with Crippen molar-refractivity contribution in [3.8, 4) is 12.3 Å². The summed E-state index contributed by atoms with van der Waals surface area (Å²) >= 11 is 1.02. The van der Waals surface area contributed by atoms with E-state index in [1.165, 1.54) is 6.07 Å². The van der Waals surface area contributed by atoms with E-state index in [1.807, 2.05) is 0 Å². The van der Waals surface area contributed by atoms with Crippen LogP contribution in [-0.4, -0.2) is 17.0 Å². The van der Waals surface area contributed by atoms with E-state index >= 15 is 0 Å². The van der Waals surface area contributed by atoms with Crippen molar-refractivity contribution < 1.29 is 14.7 Å². The fraction of sp³-hybridized carbons (Fsp3) is 0.200. The summed E-state index contributed by atoms with van der Waals surface area (Å²) in [5, 5.41) is 11.7. The highest BCUT2D eigenvalue weighted by molar-refractivity contribution is 7.18. The van der Waals surface area contributed by atoms with E-state index in [4.69, 9.17) is 11.5 Å². The monoisotopic (exact) mass is 223 g/mol. The second-order valence-electron chi connectivity index (χ2n) is 2.72. The van der Waals surface area contributed by atoms with Gasteiger partial charge < -0.3 is 10.4 Å². The van der Waals surface area contributed by atoms with E-state index in [0.717, 1.165) is 11.3 Å². The minimum atomic E-state index is -0.996. The summed E-state index contributed by atoms with van der Waals surface area (Å²) in [7, 11) is 0. The number of nitrogens with one attached hydrogen (secondary N) is 1. The van der Waals surface area contributed by atoms with Crippen molar-refractivity contribution in [1.82, 2.24) is 0 Å². The molecule has 1 aromatic rings. The van der Waals surface area contributed by atoms with Crippen LogP contribution in [0.25, 0.3) is 0 Å². The number of amides is 1. The van der Waals surface area contributed by atoms with Gasteiger partial charge in [-0.3, -0.25) is 4.79 Å². The van der Waals surface area contributed by atoms with Gasteiger partial charge in [0, 0.05) is 12.8 Å². The third kappa shape index (κ3) is 3.44. The van der Waals surface area contributed by atoms with Gasteiger partial charge in [-0.2, -0.15) is 0 Å². The van der Waals surface area contributed by atoms with Gasteiger partial charge in [-0.15, -0.1) is 23.7 Å². The largest absolute Gasteiger partial charge is 0.477 e. The Hall–Kier alpha value is -1.80. The normalized spacial score (nSPS) is 9.27. The molecule has 0 aliphatic rings. The zero-order chi connectivity index (χ0) is 11.3. The molecule has 1 aromatic heterocycles. The van der Waals surface area contributed by atoms with Gasteiger partial charge in [0.25, 0.3) is 0 Å². The first-order valence-electron chi connectivity index (χ1n) is 4.20. The number of thiophene rings is 1. The van der Waals surface area contributed by atoms with E-state index < -0.39 is 5.97 Å². The van der Waals surface area contributed by atoms with Crippen molar-refractivity contribution in [1.29, 1.82) is 0 Å². The average molecular weight is 223 g/mol. The minimum absolute atomic E-state index is 0.197. The lowest BCUT2D eigenvalue weighted by Crippen LogP contribution is -2.09. The quantitative estimate of drug-likeness (QED) is 0.765. The molecular formula is C10H9NO3S. The molecule has 0 radical (unpaired) electrons. The Bertz CT molecular complexity index is 417. The highest BCUT2D eigenvalue weighted by atomic mass is 32.1. The van der Waals surface area contributed by atoms with Crippen LogP contribution in [0.3, 0.4) is 0 Å². The first kappa shape index (κ1) is 11.3. The molecule has 5 heteroatoms. The Morgan fingerprint density at radius 1 is 1.53 bits per heavy atom. The first-order chi connectivity index (χ1) is 7.13. The van der Waals surface area contributed by atoms with Crippen molar-refractivity contribution in [2.24, 2.45) is 0 Å². The van der Waals surface area contributed by atoms with Crippen molar-refractivity contribution in [3.63, 3.8) is 0 Å². The van der Waals surface area contributed by atoms with Crippen LogP contribution >= 0.6 is 11.3 Å². The zero-order valence-electron chi connectivity index (χ0n) is 7.82. The molecular weight excluding hydrogens is 214 g/mol. The van der Waals surface area contributed by atoms with Gasteiger partial charge in [0.15, 0.2) is 0 Å². The lowest BCUT2D eigenvalue weighted by Gasteiger charge is -1.98. The van der Waals surface area contributed by atoms with Gasteiger partial charge >= 0.3 is 5.97 Å². The molecule has 0 fully saturated rings. The summed E-state index contributed by atoms with van der Waals surface area (Å²) in [6.45, 7) is 0. The number of anilines is 1. The molecule has 4 nitrogen and oxygen atoms in total. The summed E-state index contributed by atoms with van der Waals surface area (Å²) in [6, 6.07) is 3.01. The second-order valence-corrected chi connectivity index (χ2v) is 3.81. The number of carboxylic acid groups (broad SMARTS) is 1. The van der Waals surface area contributed by atoms with E-state index in [1.54, 1.807) is 6.07 Å². The van der Waals surface area contributed by atoms with Crippen LogP contribution in [0.2, 0.25) is 0 Å². The fourth-order valence-corrected chi connectivity index (χ4v) is 1.67. The van der Waals surface area contributed by atoms with Crippen LogP contribution < -0.4 is 5.32 Å². The van der Waals surface area contributed by atoms with Crippen LogP contribution in [-0.2, 0) is 4.79 Å². The predicted molar refractivity (Wildman–Crippen MR) is 58.0 cm³/mol. The number of terminal acetylenes is 1. The summed E-state index contributed by atoms with van der Waals surface area (Å²) in [6.07, 6.45) is 5.63. The highest BCUT2D eigenvalue weighted by Gasteiger charge is 2.08. The third-order valence-electron chi connectivity index (χ3n) is 1.58. The number of carbonyl (C=O) groups is 2. The van der Waals surface area contributed by atoms with E-state index in [9.17, 15) is 9.59 Å². The molecule has 2 N–H and O–H groups in total. The number of carbonyl (C=O) groups excluding carboxylic acids is 1. The van der Waals surface area contributed by atoms with Gasteiger partial charge in [0.2, 0.25) is 5.91 Å². The molecule has 0 bridgehead atoms. The van der Waals surface area contributed by atoms with Crippen molar-refractivity contribution in [2.75, 3.05) is 5.32 Å². The molecule has 1 amide bonds. The lowest BCUT2D eigenvalue weighted by molar-refractivity contribution is -0.116.